The van der Waals surface area contributed by atoms with Crippen molar-refractivity contribution in [3.05, 3.63) is 52.2 Å². The van der Waals surface area contributed by atoms with E-state index in [9.17, 15) is 4.79 Å². The van der Waals surface area contributed by atoms with E-state index < -0.39 is 0 Å². The van der Waals surface area contributed by atoms with Crippen LogP contribution in [0.15, 0.2) is 35.3 Å². The van der Waals surface area contributed by atoms with Gasteiger partial charge in [0.15, 0.2) is 11.5 Å². The Balaban J connectivity index is 1.49. The predicted octanol–water partition coefficient (Wildman–Crippen LogP) is 4.94. The Morgan fingerprint density at radius 1 is 1.17 bits per heavy atom. The average molecular weight is 489 g/mol. The van der Waals surface area contributed by atoms with Gasteiger partial charge in [-0.25, -0.2) is 9.57 Å². The number of allylic oxidation sites excluding steroid dienone is 1. The third kappa shape index (κ3) is 4.54. The number of benzene rings is 2. The number of hydrogen-bond donors (Lipinski definition) is 0. The molecule has 5 rings (SSSR count). The van der Waals surface area contributed by atoms with Crippen LogP contribution < -0.4 is 24.9 Å². The van der Waals surface area contributed by atoms with E-state index in [2.05, 4.69) is 67.5 Å². The Morgan fingerprint density at radius 2 is 2.00 bits per heavy atom. The summed E-state index contributed by atoms with van der Waals surface area (Å²) in [7, 11) is 0. The Labute approximate surface area is 213 Å². The number of anilines is 1. The van der Waals surface area contributed by atoms with Crippen LogP contribution in [0, 0.1) is 0 Å². The summed E-state index contributed by atoms with van der Waals surface area (Å²) in [5.74, 6) is 1.53. The Kier molecular flexibility index (Phi) is 6.62. The highest BCUT2D eigenvalue weighted by atomic mass is 16.5. The van der Waals surface area contributed by atoms with Crippen molar-refractivity contribution in [3.63, 3.8) is 0 Å². The van der Waals surface area contributed by atoms with Crippen molar-refractivity contribution < 1.29 is 14.3 Å². The van der Waals surface area contributed by atoms with E-state index in [1.54, 1.807) is 0 Å². The summed E-state index contributed by atoms with van der Waals surface area (Å²) in [5, 5.41) is 2.20. The van der Waals surface area contributed by atoms with Crippen molar-refractivity contribution in [2.75, 3.05) is 31.1 Å². The van der Waals surface area contributed by atoms with Crippen molar-refractivity contribution in [3.8, 4) is 11.5 Å². The number of hydrogen-bond acceptors (Lipinski definition) is 5. The van der Waals surface area contributed by atoms with Gasteiger partial charge in [0.05, 0.1) is 18.2 Å². The molecule has 36 heavy (non-hydrogen) atoms. The van der Waals surface area contributed by atoms with Crippen molar-refractivity contribution in [2.45, 2.75) is 72.3 Å². The number of ether oxygens (including phenoxy) is 2. The van der Waals surface area contributed by atoms with Gasteiger partial charge in [-0.1, -0.05) is 6.08 Å². The first-order valence-electron chi connectivity index (χ1n) is 13.4. The van der Waals surface area contributed by atoms with Crippen LogP contribution in [0.2, 0.25) is 0 Å². The number of esters is 1. The fourth-order valence-corrected chi connectivity index (χ4v) is 5.87. The van der Waals surface area contributed by atoms with Crippen LogP contribution >= 0.6 is 0 Å². The molecule has 2 aromatic rings. The summed E-state index contributed by atoms with van der Waals surface area (Å²) in [6.45, 7) is 14.1. The molecular formula is C30H38N3O3+. The highest BCUT2D eigenvalue weighted by Crippen LogP contribution is 2.46. The smallest absolute Gasteiger partial charge is 0.305 e. The average Bonchev–Trinajstić information content (AvgIpc) is 2.84. The van der Waals surface area contributed by atoms with Gasteiger partial charge in [-0.2, -0.15) is 0 Å². The van der Waals surface area contributed by atoms with E-state index in [0.717, 1.165) is 61.4 Å². The number of rotatable bonds is 7. The van der Waals surface area contributed by atoms with Crippen LogP contribution in [0.4, 0.5) is 11.4 Å². The van der Waals surface area contributed by atoms with Gasteiger partial charge in [-0.15, -0.1) is 0 Å². The van der Waals surface area contributed by atoms with Gasteiger partial charge in [0.2, 0.25) is 5.36 Å². The molecule has 0 N–H and O–H groups in total. The first kappa shape index (κ1) is 24.5. The van der Waals surface area contributed by atoms with E-state index in [0.29, 0.717) is 13.0 Å². The van der Waals surface area contributed by atoms with Crippen LogP contribution in [0.1, 0.15) is 71.4 Å². The molecule has 0 spiro atoms. The van der Waals surface area contributed by atoms with E-state index in [1.165, 1.54) is 34.2 Å². The molecule has 0 aromatic heterocycles. The van der Waals surface area contributed by atoms with Crippen molar-refractivity contribution in [2.24, 2.45) is 4.99 Å². The number of fused-ring (bicyclic) bond motifs is 4. The van der Waals surface area contributed by atoms with Crippen LogP contribution in [0.25, 0.3) is 5.57 Å². The maximum absolute atomic E-state index is 11.8. The lowest BCUT2D eigenvalue weighted by Crippen LogP contribution is -2.45. The molecule has 3 aliphatic heterocycles. The minimum absolute atomic E-state index is 0.113. The van der Waals surface area contributed by atoms with E-state index >= 15 is 0 Å². The minimum atomic E-state index is -0.139. The van der Waals surface area contributed by atoms with Crippen LogP contribution in [0.3, 0.4) is 0 Å². The number of carbonyl (C=O) groups excluding carboxylic acids is 1. The summed E-state index contributed by atoms with van der Waals surface area (Å²) in [4.78, 5) is 19.3. The molecule has 0 radical (unpaired) electrons. The maximum Gasteiger partial charge on any atom is 0.305 e. The summed E-state index contributed by atoms with van der Waals surface area (Å²) in [6, 6.07) is 8.74. The van der Waals surface area contributed by atoms with Crippen LogP contribution in [-0.2, 0) is 16.0 Å². The molecule has 0 saturated carbocycles. The third-order valence-corrected chi connectivity index (χ3v) is 7.59. The van der Waals surface area contributed by atoms with Crippen molar-refractivity contribution in [1.82, 2.24) is 4.58 Å². The van der Waals surface area contributed by atoms with E-state index in [1.807, 2.05) is 6.92 Å². The number of aryl methyl sites for hydroxylation is 1. The highest BCUT2D eigenvalue weighted by Gasteiger charge is 2.33. The minimum Gasteiger partial charge on any atom is -0.466 e. The maximum atomic E-state index is 11.8. The zero-order valence-electron chi connectivity index (χ0n) is 22.3. The third-order valence-electron chi connectivity index (χ3n) is 7.59. The zero-order valence-corrected chi connectivity index (χ0v) is 22.3. The van der Waals surface area contributed by atoms with Crippen molar-refractivity contribution >= 4 is 22.9 Å². The first-order chi connectivity index (χ1) is 17.3. The summed E-state index contributed by atoms with van der Waals surface area (Å²) in [6.07, 6.45) is 6.80. The summed E-state index contributed by atoms with van der Waals surface area (Å²) in [5.41, 5.74) is 5.73. The van der Waals surface area contributed by atoms with E-state index in [-0.39, 0.29) is 11.5 Å². The number of unbranched alkanes of at least 4 members (excludes halogenated alkanes) is 1. The Hall–Kier alpha value is -3.15. The Morgan fingerprint density at radius 3 is 2.78 bits per heavy atom. The predicted molar refractivity (Wildman–Crippen MR) is 144 cm³/mol. The molecule has 2 aromatic carbocycles. The van der Waals surface area contributed by atoms with Gasteiger partial charge in [0.1, 0.15) is 24.1 Å². The molecule has 0 amide bonds. The van der Waals surface area contributed by atoms with Crippen LogP contribution in [-0.4, -0.2) is 37.7 Å². The molecular weight excluding hydrogens is 450 g/mol. The molecule has 3 heterocycles. The quantitative estimate of drug-likeness (QED) is 0.269. The lowest BCUT2D eigenvalue weighted by molar-refractivity contribution is -0.143. The van der Waals surface area contributed by atoms with Crippen molar-refractivity contribution in [1.29, 1.82) is 0 Å². The molecule has 3 aliphatic rings. The second kappa shape index (κ2) is 9.72. The second-order valence-electron chi connectivity index (χ2n) is 10.6. The lowest BCUT2D eigenvalue weighted by atomic mass is 9.88. The largest absolute Gasteiger partial charge is 0.466 e. The second-order valence-corrected chi connectivity index (χ2v) is 10.6. The molecule has 0 saturated heterocycles. The first-order valence-corrected chi connectivity index (χ1v) is 13.4. The standard InChI is InChI=1S/C30H38N3O3/c1-6-32-13-10-11-21-15-23-27(17-25(21)32)36-28-18-26-22(16-24(28)31-23)20(3)19-30(4,5)33(26)14-9-8-12-29(34)35-7-2/h15-19H,6-14H2,1-5H3/q+1. The van der Waals surface area contributed by atoms with Gasteiger partial charge >= 0.3 is 5.97 Å². The molecule has 0 bridgehead atoms. The van der Waals surface area contributed by atoms with Gasteiger partial charge in [-0.3, -0.25) is 4.79 Å². The lowest BCUT2D eigenvalue weighted by Gasteiger charge is -2.43. The highest BCUT2D eigenvalue weighted by molar-refractivity contribution is 5.85. The normalized spacial score (nSPS) is 17.1. The monoisotopic (exact) mass is 488 g/mol. The molecule has 0 unspecified atom stereocenters. The SMILES string of the molecule is CCOC(=O)CCCCN1c2cc3c(cc2C(C)=CC1(C)C)N=c1cc2c(cc1O3)=[N+](CC)CCC2. The fourth-order valence-electron chi connectivity index (χ4n) is 5.87. The molecule has 0 atom stereocenters. The van der Waals surface area contributed by atoms with Gasteiger partial charge < -0.3 is 14.4 Å². The number of carbonyl (C=O) groups is 1. The molecule has 6 nitrogen and oxygen atoms in total. The zero-order chi connectivity index (χ0) is 25.4. The Bertz CT molecular complexity index is 1360. The molecule has 6 heteroatoms. The molecule has 0 fully saturated rings. The van der Waals surface area contributed by atoms with E-state index in [4.69, 9.17) is 14.5 Å². The van der Waals surface area contributed by atoms with Gasteiger partial charge in [0.25, 0.3) is 0 Å². The number of nitrogens with zero attached hydrogens (tertiary/aromatic N) is 3. The fraction of sp³-hybridized carbons (Fsp3) is 0.500. The van der Waals surface area contributed by atoms with Gasteiger partial charge in [-0.05, 0) is 71.6 Å². The summed E-state index contributed by atoms with van der Waals surface area (Å²) >= 11 is 0. The van der Waals surface area contributed by atoms with Gasteiger partial charge in [0, 0.05) is 42.3 Å². The molecule has 0 aliphatic carbocycles. The topological polar surface area (TPSA) is 54.1 Å². The molecule has 190 valence electrons. The summed E-state index contributed by atoms with van der Waals surface area (Å²) < 4.78 is 14.0. The van der Waals surface area contributed by atoms with Crippen LogP contribution in [0.5, 0.6) is 11.5 Å².